The maximum absolute atomic E-state index is 10.8. The van der Waals surface area contributed by atoms with E-state index in [9.17, 15) is 10.1 Å². The lowest BCUT2D eigenvalue weighted by Crippen LogP contribution is -2.14. The van der Waals surface area contributed by atoms with Crippen LogP contribution in [0, 0.1) is 10.1 Å². The third-order valence-corrected chi connectivity index (χ3v) is 2.57. The highest BCUT2D eigenvalue weighted by Gasteiger charge is 2.23. The van der Waals surface area contributed by atoms with Crippen molar-refractivity contribution in [2.24, 2.45) is 0 Å². The summed E-state index contributed by atoms with van der Waals surface area (Å²) in [6, 6.07) is 7.12. The van der Waals surface area contributed by atoms with E-state index in [-0.39, 0.29) is 16.7 Å². The number of benzene rings is 1. The van der Waals surface area contributed by atoms with Gasteiger partial charge in [0.1, 0.15) is 0 Å². The second-order valence-corrected chi connectivity index (χ2v) is 3.46. The molecule has 0 aromatic heterocycles. The molecule has 1 aromatic carbocycles. The van der Waals surface area contributed by atoms with Crippen LogP contribution < -0.4 is 5.32 Å². The lowest BCUT2D eigenvalue weighted by Gasteiger charge is -2.10. The average Bonchev–Trinajstić information content (AvgIpc) is 2.70. The summed E-state index contributed by atoms with van der Waals surface area (Å²) in [5.74, 6) is 0. The highest BCUT2D eigenvalue weighted by atomic mass is 16.6. The highest BCUT2D eigenvalue weighted by molar-refractivity contribution is 5.42. The van der Waals surface area contributed by atoms with E-state index in [4.69, 9.17) is 0 Å². The van der Waals surface area contributed by atoms with E-state index < -0.39 is 0 Å². The number of rotatable bonds is 2. The average molecular weight is 192 g/mol. The Hall–Kier alpha value is -1.42. The Bertz CT molecular complexity index is 346. The van der Waals surface area contributed by atoms with Crippen molar-refractivity contribution in [3.8, 4) is 0 Å². The second-order valence-electron chi connectivity index (χ2n) is 3.46. The fourth-order valence-electron chi connectivity index (χ4n) is 1.90. The number of nitro benzene ring substituents is 1. The molecule has 1 fully saturated rings. The fourth-order valence-corrected chi connectivity index (χ4v) is 1.90. The zero-order valence-electron chi connectivity index (χ0n) is 7.77. The smallest absolute Gasteiger partial charge is 0.274 e. The van der Waals surface area contributed by atoms with Gasteiger partial charge >= 0.3 is 0 Å². The minimum Gasteiger partial charge on any atom is -0.310 e. The summed E-state index contributed by atoms with van der Waals surface area (Å²) in [4.78, 5) is 10.4. The molecule has 0 bridgehead atoms. The Morgan fingerprint density at radius 3 is 2.86 bits per heavy atom. The normalized spacial score (nSPS) is 21.0. The highest BCUT2D eigenvalue weighted by Crippen LogP contribution is 2.29. The number of nitro groups is 1. The molecule has 4 heteroatoms. The monoisotopic (exact) mass is 192 g/mol. The molecule has 1 saturated heterocycles. The Balaban J connectivity index is 2.35. The van der Waals surface area contributed by atoms with Crippen molar-refractivity contribution in [2.45, 2.75) is 18.9 Å². The second kappa shape index (κ2) is 3.75. The minimum absolute atomic E-state index is 0.164. The predicted molar refractivity (Wildman–Crippen MR) is 53.1 cm³/mol. The molecule has 0 spiro atoms. The SMILES string of the molecule is O=[N+]([O-])c1ccccc1C1CCCN1. The van der Waals surface area contributed by atoms with Crippen LogP contribution >= 0.6 is 0 Å². The largest absolute Gasteiger partial charge is 0.310 e. The number of hydrogen-bond donors (Lipinski definition) is 1. The first-order valence-electron chi connectivity index (χ1n) is 4.76. The first kappa shape index (κ1) is 9.15. The van der Waals surface area contributed by atoms with Gasteiger partial charge in [0.15, 0.2) is 0 Å². The minimum atomic E-state index is -0.310. The molecule has 0 saturated carbocycles. The van der Waals surface area contributed by atoms with E-state index in [2.05, 4.69) is 5.32 Å². The molecule has 0 amide bonds. The molecule has 1 heterocycles. The van der Waals surface area contributed by atoms with Gasteiger partial charge in [0.25, 0.3) is 5.69 Å². The van der Waals surface area contributed by atoms with Gasteiger partial charge in [-0.25, -0.2) is 0 Å². The van der Waals surface area contributed by atoms with Crippen molar-refractivity contribution >= 4 is 5.69 Å². The van der Waals surface area contributed by atoms with Crippen LogP contribution in [0.15, 0.2) is 24.3 Å². The molecule has 0 radical (unpaired) electrons. The summed E-state index contributed by atoms with van der Waals surface area (Å²) in [7, 11) is 0. The summed E-state index contributed by atoms with van der Waals surface area (Å²) in [5, 5.41) is 14.0. The van der Waals surface area contributed by atoms with Crippen molar-refractivity contribution in [2.75, 3.05) is 6.54 Å². The van der Waals surface area contributed by atoms with Gasteiger partial charge in [-0.2, -0.15) is 0 Å². The maximum atomic E-state index is 10.8. The fraction of sp³-hybridized carbons (Fsp3) is 0.400. The summed E-state index contributed by atoms with van der Waals surface area (Å²) >= 11 is 0. The van der Waals surface area contributed by atoms with Gasteiger partial charge in [0.05, 0.1) is 4.92 Å². The molecule has 1 aromatic rings. The Morgan fingerprint density at radius 2 is 2.21 bits per heavy atom. The molecule has 1 atom stereocenters. The number of hydrogen-bond acceptors (Lipinski definition) is 3. The zero-order valence-corrected chi connectivity index (χ0v) is 7.77. The van der Waals surface area contributed by atoms with Crippen LogP contribution in [0.25, 0.3) is 0 Å². The van der Waals surface area contributed by atoms with Gasteiger partial charge in [0, 0.05) is 17.7 Å². The third-order valence-electron chi connectivity index (χ3n) is 2.57. The van der Waals surface area contributed by atoms with E-state index in [0.29, 0.717) is 0 Å². The molecule has 4 nitrogen and oxygen atoms in total. The Kier molecular flexibility index (Phi) is 2.45. The third kappa shape index (κ3) is 1.61. The van der Waals surface area contributed by atoms with Crippen LogP contribution in [0.2, 0.25) is 0 Å². The maximum Gasteiger partial charge on any atom is 0.274 e. The first-order chi connectivity index (χ1) is 6.79. The van der Waals surface area contributed by atoms with Crippen LogP contribution in [0.5, 0.6) is 0 Å². The van der Waals surface area contributed by atoms with Gasteiger partial charge in [-0.15, -0.1) is 0 Å². The molecule has 1 unspecified atom stereocenters. The van der Waals surface area contributed by atoms with Gasteiger partial charge in [-0.3, -0.25) is 10.1 Å². The van der Waals surface area contributed by atoms with Crippen LogP contribution in [0.1, 0.15) is 24.4 Å². The molecule has 1 aliphatic rings. The van der Waals surface area contributed by atoms with Gasteiger partial charge in [-0.05, 0) is 19.4 Å². The van der Waals surface area contributed by atoms with E-state index in [1.54, 1.807) is 12.1 Å². The van der Waals surface area contributed by atoms with E-state index in [1.165, 1.54) is 0 Å². The van der Waals surface area contributed by atoms with Crippen LogP contribution in [0.4, 0.5) is 5.69 Å². The van der Waals surface area contributed by atoms with E-state index in [0.717, 1.165) is 24.9 Å². The van der Waals surface area contributed by atoms with Gasteiger partial charge in [-0.1, -0.05) is 18.2 Å². The Labute approximate surface area is 82.1 Å². The van der Waals surface area contributed by atoms with Crippen LogP contribution in [-0.2, 0) is 0 Å². The standard InChI is InChI=1S/C10H12N2O2/c13-12(14)10-6-2-1-4-8(10)9-5-3-7-11-9/h1-2,4,6,9,11H,3,5,7H2. The summed E-state index contributed by atoms with van der Waals surface area (Å²) in [6.45, 7) is 0.955. The predicted octanol–water partition coefficient (Wildman–Crippen LogP) is 2.02. The summed E-state index contributed by atoms with van der Waals surface area (Å²) in [6.07, 6.45) is 2.08. The molecule has 0 aliphatic carbocycles. The Morgan fingerprint density at radius 1 is 1.43 bits per heavy atom. The quantitative estimate of drug-likeness (QED) is 0.576. The number of nitrogens with zero attached hydrogens (tertiary/aromatic N) is 1. The lowest BCUT2D eigenvalue weighted by molar-refractivity contribution is -0.385. The van der Waals surface area contributed by atoms with Crippen LogP contribution in [0.3, 0.4) is 0 Å². The van der Waals surface area contributed by atoms with Crippen molar-refractivity contribution in [3.63, 3.8) is 0 Å². The zero-order chi connectivity index (χ0) is 9.97. The first-order valence-corrected chi connectivity index (χ1v) is 4.76. The van der Waals surface area contributed by atoms with Crippen molar-refractivity contribution in [3.05, 3.63) is 39.9 Å². The molecule has 74 valence electrons. The van der Waals surface area contributed by atoms with E-state index >= 15 is 0 Å². The molecule has 2 rings (SSSR count). The van der Waals surface area contributed by atoms with Crippen LogP contribution in [-0.4, -0.2) is 11.5 Å². The number of para-hydroxylation sites is 1. The van der Waals surface area contributed by atoms with Crippen molar-refractivity contribution < 1.29 is 4.92 Å². The molecular formula is C10H12N2O2. The molecule has 1 N–H and O–H groups in total. The van der Waals surface area contributed by atoms with Crippen molar-refractivity contribution in [1.29, 1.82) is 0 Å². The van der Waals surface area contributed by atoms with E-state index in [1.807, 2.05) is 12.1 Å². The lowest BCUT2D eigenvalue weighted by atomic mass is 10.0. The number of nitrogens with one attached hydrogen (secondary N) is 1. The molecule has 14 heavy (non-hydrogen) atoms. The van der Waals surface area contributed by atoms with Gasteiger partial charge in [0.2, 0.25) is 0 Å². The summed E-state index contributed by atoms with van der Waals surface area (Å²) in [5.41, 5.74) is 1.04. The van der Waals surface area contributed by atoms with Gasteiger partial charge < -0.3 is 5.32 Å². The summed E-state index contributed by atoms with van der Waals surface area (Å²) < 4.78 is 0. The molecular weight excluding hydrogens is 180 g/mol. The topological polar surface area (TPSA) is 55.2 Å². The van der Waals surface area contributed by atoms with Crippen molar-refractivity contribution in [1.82, 2.24) is 5.32 Å². The molecule has 1 aliphatic heterocycles.